The standard InChI is InChI=1S/C14H29NO7Si/c1-13(2,3)23(6,7)22-11(9-21-15(18)19)8-20-10-14(4,5)12(16)17/h11H,8-10H2,1-7H3,(H,16,17). The Morgan fingerprint density at radius 1 is 1.22 bits per heavy atom. The van der Waals surface area contributed by atoms with E-state index >= 15 is 0 Å². The highest BCUT2D eigenvalue weighted by Gasteiger charge is 2.39. The van der Waals surface area contributed by atoms with E-state index in [1.54, 1.807) is 13.8 Å². The Labute approximate surface area is 138 Å². The Morgan fingerprint density at radius 3 is 2.13 bits per heavy atom. The minimum atomic E-state index is -2.16. The van der Waals surface area contributed by atoms with Crippen molar-refractivity contribution in [1.82, 2.24) is 0 Å². The summed E-state index contributed by atoms with van der Waals surface area (Å²) in [7, 11) is -2.16. The van der Waals surface area contributed by atoms with E-state index in [0.717, 1.165) is 0 Å². The maximum atomic E-state index is 11.1. The third kappa shape index (κ3) is 7.75. The normalized spacial score (nSPS) is 14.4. The van der Waals surface area contributed by atoms with Crippen LogP contribution in [0.5, 0.6) is 0 Å². The van der Waals surface area contributed by atoms with Gasteiger partial charge in [-0.05, 0) is 32.0 Å². The number of hydrogen-bond acceptors (Lipinski definition) is 6. The quantitative estimate of drug-likeness (QED) is 0.366. The number of rotatable bonds is 10. The molecule has 0 radical (unpaired) electrons. The van der Waals surface area contributed by atoms with Crippen molar-refractivity contribution in [2.75, 3.05) is 19.8 Å². The number of carboxylic acids is 1. The lowest BCUT2D eigenvalue weighted by molar-refractivity contribution is -0.759. The molecule has 0 aromatic heterocycles. The van der Waals surface area contributed by atoms with Gasteiger partial charge in [0.1, 0.15) is 6.61 Å². The summed E-state index contributed by atoms with van der Waals surface area (Å²) in [4.78, 5) is 25.9. The summed E-state index contributed by atoms with van der Waals surface area (Å²) in [5.74, 6) is -0.971. The molecule has 0 aromatic rings. The molecule has 0 aliphatic rings. The number of carboxylic acid groups (broad SMARTS) is 1. The Kier molecular flexibility index (Phi) is 7.65. The Morgan fingerprint density at radius 2 is 1.74 bits per heavy atom. The van der Waals surface area contributed by atoms with Crippen molar-refractivity contribution in [2.24, 2.45) is 5.41 Å². The van der Waals surface area contributed by atoms with Crippen LogP contribution in [0.2, 0.25) is 18.1 Å². The van der Waals surface area contributed by atoms with Crippen LogP contribution in [-0.4, -0.2) is 50.4 Å². The largest absolute Gasteiger partial charge is 0.481 e. The zero-order valence-corrected chi connectivity index (χ0v) is 16.0. The lowest BCUT2D eigenvalue weighted by Gasteiger charge is -2.39. The summed E-state index contributed by atoms with van der Waals surface area (Å²) in [5.41, 5.74) is -1.04. The first kappa shape index (κ1) is 21.8. The van der Waals surface area contributed by atoms with Crippen LogP contribution in [0.4, 0.5) is 0 Å². The molecule has 0 heterocycles. The van der Waals surface area contributed by atoms with E-state index < -0.39 is 30.9 Å². The lowest BCUT2D eigenvalue weighted by atomic mass is 9.95. The Bertz CT molecular complexity index is 418. The van der Waals surface area contributed by atoms with Gasteiger partial charge in [0, 0.05) is 0 Å². The van der Waals surface area contributed by atoms with E-state index in [-0.39, 0.29) is 24.9 Å². The molecule has 8 nitrogen and oxygen atoms in total. The third-order valence-corrected chi connectivity index (χ3v) is 8.51. The third-order valence-electron chi connectivity index (χ3n) is 3.98. The SMILES string of the molecule is CC(C)(COCC(CO[N+](=O)[O-])O[Si](C)(C)C(C)(C)C)C(=O)O. The van der Waals surface area contributed by atoms with Gasteiger partial charge < -0.3 is 19.1 Å². The highest BCUT2D eigenvalue weighted by molar-refractivity contribution is 6.74. The van der Waals surface area contributed by atoms with Crippen LogP contribution in [0, 0.1) is 15.5 Å². The van der Waals surface area contributed by atoms with Gasteiger partial charge in [-0.2, -0.15) is 0 Å². The number of hydrogen-bond donors (Lipinski definition) is 1. The number of aliphatic carboxylic acids is 1. The molecule has 0 saturated heterocycles. The molecule has 0 spiro atoms. The van der Waals surface area contributed by atoms with Gasteiger partial charge in [-0.3, -0.25) is 4.79 Å². The first-order chi connectivity index (χ1) is 10.2. The maximum Gasteiger partial charge on any atom is 0.311 e. The molecule has 1 unspecified atom stereocenters. The van der Waals surface area contributed by atoms with Crippen LogP contribution in [-0.2, 0) is 18.8 Å². The average molecular weight is 351 g/mol. The first-order valence-electron chi connectivity index (χ1n) is 7.45. The molecule has 136 valence electrons. The van der Waals surface area contributed by atoms with Gasteiger partial charge in [0.05, 0.1) is 24.7 Å². The zero-order chi connectivity index (χ0) is 18.5. The number of carbonyl (C=O) groups is 1. The fourth-order valence-corrected chi connectivity index (χ4v) is 2.68. The first-order valence-corrected chi connectivity index (χ1v) is 10.4. The van der Waals surface area contributed by atoms with Crippen molar-refractivity contribution in [3.8, 4) is 0 Å². The molecular formula is C14H29NO7Si. The van der Waals surface area contributed by atoms with Crippen LogP contribution in [0.1, 0.15) is 34.6 Å². The molecule has 0 fully saturated rings. The summed E-state index contributed by atoms with van der Waals surface area (Å²) in [6, 6.07) is 0. The Hall–Kier alpha value is -1.19. The van der Waals surface area contributed by atoms with E-state index in [4.69, 9.17) is 14.3 Å². The predicted molar refractivity (Wildman–Crippen MR) is 87.3 cm³/mol. The van der Waals surface area contributed by atoms with E-state index in [1.807, 2.05) is 13.1 Å². The molecule has 0 rings (SSSR count). The molecule has 23 heavy (non-hydrogen) atoms. The van der Waals surface area contributed by atoms with Gasteiger partial charge in [-0.25, -0.2) is 0 Å². The summed E-state index contributed by atoms with van der Waals surface area (Å²) in [6.45, 7) is 13.1. The molecular weight excluding hydrogens is 322 g/mol. The molecule has 0 bridgehead atoms. The van der Waals surface area contributed by atoms with Crippen molar-refractivity contribution in [2.45, 2.75) is 58.9 Å². The average Bonchev–Trinajstić information content (AvgIpc) is 2.33. The van der Waals surface area contributed by atoms with Gasteiger partial charge in [0.25, 0.3) is 5.09 Å². The molecule has 0 saturated carbocycles. The summed E-state index contributed by atoms with van der Waals surface area (Å²) in [6.07, 6.45) is -0.620. The van der Waals surface area contributed by atoms with Gasteiger partial charge in [0.2, 0.25) is 0 Å². The highest BCUT2D eigenvalue weighted by Crippen LogP contribution is 2.37. The van der Waals surface area contributed by atoms with Gasteiger partial charge >= 0.3 is 5.97 Å². The molecule has 0 aromatic carbocycles. The Balaban J connectivity index is 4.76. The molecule has 9 heteroatoms. The van der Waals surface area contributed by atoms with Crippen LogP contribution in [0.25, 0.3) is 0 Å². The van der Waals surface area contributed by atoms with Crippen molar-refractivity contribution in [3.05, 3.63) is 10.1 Å². The number of nitrogens with zero attached hydrogens (tertiary/aromatic N) is 1. The van der Waals surface area contributed by atoms with E-state index in [9.17, 15) is 14.9 Å². The van der Waals surface area contributed by atoms with Crippen molar-refractivity contribution < 1.29 is 29.0 Å². The van der Waals surface area contributed by atoms with E-state index in [2.05, 4.69) is 25.6 Å². The fourth-order valence-electron chi connectivity index (χ4n) is 1.36. The van der Waals surface area contributed by atoms with Crippen LogP contribution >= 0.6 is 0 Å². The summed E-state index contributed by atoms with van der Waals surface area (Å²) in [5, 5.41) is 18.5. The maximum absolute atomic E-state index is 11.1. The van der Waals surface area contributed by atoms with Gasteiger partial charge in [0.15, 0.2) is 8.32 Å². The lowest BCUT2D eigenvalue weighted by Crippen LogP contribution is -2.46. The van der Waals surface area contributed by atoms with Crippen molar-refractivity contribution in [3.63, 3.8) is 0 Å². The topological polar surface area (TPSA) is 108 Å². The predicted octanol–water partition coefficient (Wildman–Crippen LogP) is 2.71. The van der Waals surface area contributed by atoms with Crippen LogP contribution in [0.3, 0.4) is 0 Å². The van der Waals surface area contributed by atoms with Gasteiger partial charge in [-0.1, -0.05) is 20.8 Å². The van der Waals surface area contributed by atoms with Crippen LogP contribution < -0.4 is 0 Å². The van der Waals surface area contributed by atoms with E-state index in [1.165, 1.54) is 0 Å². The minimum Gasteiger partial charge on any atom is -0.481 e. The molecule has 0 aliphatic heterocycles. The number of ether oxygens (including phenoxy) is 1. The highest BCUT2D eigenvalue weighted by atomic mass is 28.4. The monoisotopic (exact) mass is 351 g/mol. The summed E-state index contributed by atoms with van der Waals surface area (Å²) >= 11 is 0. The summed E-state index contributed by atoms with van der Waals surface area (Å²) < 4.78 is 11.5. The van der Waals surface area contributed by atoms with Crippen LogP contribution in [0.15, 0.2) is 0 Å². The molecule has 0 aliphatic carbocycles. The van der Waals surface area contributed by atoms with E-state index in [0.29, 0.717) is 0 Å². The molecule has 0 amide bonds. The second-order valence-corrected chi connectivity index (χ2v) is 12.5. The second kappa shape index (κ2) is 8.07. The molecule has 1 N–H and O–H groups in total. The smallest absolute Gasteiger partial charge is 0.311 e. The molecule has 1 atom stereocenters. The zero-order valence-electron chi connectivity index (χ0n) is 15.0. The van der Waals surface area contributed by atoms with Gasteiger partial charge in [-0.15, -0.1) is 10.1 Å². The second-order valence-electron chi connectivity index (χ2n) is 7.72. The fraction of sp³-hybridized carbons (Fsp3) is 0.929. The van der Waals surface area contributed by atoms with Crippen molar-refractivity contribution in [1.29, 1.82) is 0 Å². The minimum absolute atomic E-state index is 0.0157. The van der Waals surface area contributed by atoms with Crippen molar-refractivity contribution >= 4 is 14.3 Å².